The number of benzene rings is 1. The van der Waals surface area contributed by atoms with Crippen molar-refractivity contribution in [3.8, 4) is 11.4 Å². The number of nitrogens with zero attached hydrogens (tertiary/aromatic N) is 3. The molecule has 2 rings (SSSR count). The van der Waals surface area contributed by atoms with Crippen LogP contribution in [-0.2, 0) is 0 Å². The molecule has 5 nitrogen and oxygen atoms in total. The fourth-order valence-electron chi connectivity index (χ4n) is 1.82. The van der Waals surface area contributed by atoms with Gasteiger partial charge in [-0.2, -0.15) is 15.0 Å². The van der Waals surface area contributed by atoms with Crippen LogP contribution < -0.4 is 5.32 Å². The van der Waals surface area contributed by atoms with E-state index < -0.39 is 0 Å². The van der Waals surface area contributed by atoms with Crippen molar-refractivity contribution >= 4 is 17.5 Å². The number of rotatable bonds is 4. The Morgan fingerprint density at radius 1 is 1.14 bits per heavy atom. The summed E-state index contributed by atoms with van der Waals surface area (Å²) in [6, 6.07) is 9.37. The molecule has 1 atom stereocenters. The van der Waals surface area contributed by atoms with Crippen LogP contribution in [0.5, 0.6) is 0 Å². The van der Waals surface area contributed by atoms with Gasteiger partial charge in [0, 0.05) is 5.56 Å². The average molecular weight is 307 g/mol. The van der Waals surface area contributed by atoms with Gasteiger partial charge >= 0.3 is 0 Å². The van der Waals surface area contributed by atoms with Gasteiger partial charge < -0.3 is 10.4 Å². The van der Waals surface area contributed by atoms with E-state index in [2.05, 4.69) is 20.3 Å². The number of hydrogen-bond donors (Lipinski definition) is 2. The first-order valence-corrected chi connectivity index (χ1v) is 7.12. The minimum Gasteiger partial charge on any atom is -0.394 e. The van der Waals surface area contributed by atoms with E-state index in [1.165, 1.54) is 0 Å². The quantitative estimate of drug-likeness (QED) is 0.908. The predicted octanol–water partition coefficient (Wildman–Crippen LogP) is 3.01. The van der Waals surface area contributed by atoms with Crippen LogP contribution in [0.4, 0.5) is 5.95 Å². The zero-order chi connectivity index (χ0) is 15.5. The lowest BCUT2D eigenvalue weighted by atomic mass is 9.87. The molecule has 1 heterocycles. The topological polar surface area (TPSA) is 70.9 Å². The van der Waals surface area contributed by atoms with Crippen LogP contribution in [-0.4, -0.2) is 32.7 Å². The van der Waals surface area contributed by atoms with Crippen molar-refractivity contribution in [2.45, 2.75) is 26.8 Å². The van der Waals surface area contributed by atoms with Crippen molar-refractivity contribution in [2.75, 3.05) is 11.9 Å². The van der Waals surface area contributed by atoms with E-state index in [9.17, 15) is 5.11 Å². The SMILES string of the molecule is CC(C)(C)C(CO)Nc1nc(Cl)nc(-c2ccccc2)n1. The summed E-state index contributed by atoms with van der Waals surface area (Å²) in [4.78, 5) is 12.6. The summed E-state index contributed by atoms with van der Waals surface area (Å²) < 4.78 is 0. The molecule has 0 fully saturated rings. The van der Waals surface area contributed by atoms with Crippen molar-refractivity contribution in [3.63, 3.8) is 0 Å². The summed E-state index contributed by atoms with van der Waals surface area (Å²) in [6.45, 7) is 6.07. The van der Waals surface area contributed by atoms with Crippen LogP contribution in [0.3, 0.4) is 0 Å². The minimum atomic E-state index is -0.181. The molecule has 2 N–H and O–H groups in total. The molecule has 6 heteroatoms. The van der Waals surface area contributed by atoms with Crippen molar-refractivity contribution in [2.24, 2.45) is 5.41 Å². The van der Waals surface area contributed by atoms with Gasteiger partial charge in [-0.15, -0.1) is 0 Å². The summed E-state index contributed by atoms with van der Waals surface area (Å²) in [5.74, 6) is 0.867. The summed E-state index contributed by atoms with van der Waals surface area (Å²) in [6.07, 6.45) is 0. The number of aliphatic hydroxyl groups is 1. The van der Waals surface area contributed by atoms with Crippen LogP contribution in [0.1, 0.15) is 20.8 Å². The van der Waals surface area contributed by atoms with Gasteiger partial charge in [-0.3, -0.25) is 0 Å². The van der Waals surface area contributed by atoms with E-state index in [4.69, 9.17) is 11.6 Å². The Morgan fingerprint density at radius 3 is 2.38 bits per heavy atom. The van der Waals surface area contributed by atoms with Gasteiger partial charge in [0.1, 0.15) is 0 Å². The van der Waals surface area contributed by atoms with E-state index >= 15 is 0 Å². The molecule has 0 spiro atoms. The van der Waals surface area contributed by atoms with Gasteiger partial charge in [-0.05, 0) is 17.0 Å². The number of hydrogen-bond acceptors (Lipinski definition) is 5. The van der Waals surface area contributed by atoms with Crippen LogP contribution in [0, 0.1) is 5.41 Å². The van der Waals surface area contributed by atoms with Gasteiger partial charge in [0.2, 0.25) is 11.2 Å². The first kappa shape index (κ1) is 15.7. The Morgan fingerprint density at radius 2 is 1.81 bits per heavy atom. The minimum absolute atomic E-state index is 0.0204. The molecule has 21 heavy (non-hydrogen) atoms. The van der Waals surface area contributed by atoms with Crippen LogP contribution in [0.15, 0.2) is 30.3 Å². The van der Waals surface area contributed by atoms with E-state index in [1.807, 2.05) is 51.1 Å². The summed E-state index contributed by atoms with van der Waals surface area (Å²) in [5.41, 5.74) is 0.724. The molecule has 2 aromatic rings. The zero-order valence-corrected chi connectivity index (χ0v) is 13.1. The van der Waals surface area contributed by atoms with Gasteiger partial charge in [-0.1, -0.05) is 51.1 Å². The van der Waals surface area contributed by atoms with Crippen LogP contribution >= 0.6 is 11.6 Å². The van der Waals surface area contributed by atoms with E-state index in [0.29, 0.717) is 11.8 Å². The first-order chi connectivity index (χ1) is 9.90. The smallest absolute Gasteiger partial charge is 0.227 e. The maximum atomic E-state index is 9.51. The van der Waals surface area contributed by atoms with E-state index in [1.54, 1.807) is 0 Å². The standard InChI is InChI=1S/C15H19ClN4O/c1-15(2,3)11(9-21)17-14-19-12(18-13(16)20-14)10-7-5-4-6-8-10/h4-8,11,21H,9H2,1-3H3,(H,17,18,19,20). The Hall–Kier alpha value is -1.72. The van der Waals surface area contributed by atoms with Gasteiger partial charge in [0.15, 0.2) is 5.82 Å². The highest BCUT2D eigenvalue weighted by Crippen LogP contribution is 2.23. The Kier molecular flexibility index (Phi) is 4.75. The molecular weight excluding hydrogens is 288 g/mol. The maximum Gasteiger partial charge on any atom is 0.227 e. The number of aromatic nitrogens is 3. The highest BCUT2D eigenvalue weighted by molar-refractivity contribution is 6.28. The molecule has 0 amide bonds. The zero-order valence-electron chi connectivity index (χ0n) is 12.3. The molecule has 0 saturated carbocycles. The lowest BCUT2D eigenvalue weighted by molar-refractivity contribution is 0.201. The second kappa shape index (κ2) is 6.37. The Bertz CT molecular complexity index is 598. The summed E-state index contributed by atoms with van der Waals surface area (Å²) in [5, 5.41) is 12.8. The highest BCUT2D eigenvalue weighted by Gasteiger charge is 2.24. The molecule has 1 unspecified atom stereocenters. The van der Waals surface area contributed by atoms with Crippen molar-refractivity contribution < 1.29 is 5.11 Å². The third-order valence-corrected chi connectivity index (χ3v) is 3.34. The molecule has 0 bridgehead atoms. The molecular formula is C15H19ClN4O. The first-order valence-electron chi connectivity index (χ1n) is 6.74. The van der Waals surface area contributed by atoms with Crippen molar-refractivity contribution in [3.05, 3.63) is 35.6 Å². The van der Waals surface area contributed by atoms with Gasteiger partial charge in [0.05, 0.1) is 12.6 Å². The summed E-state index contributed by atoms with van der Waals surface area (Å²) in [7, 11) is 0. The number of halogens is 1. The number of aliphatic hydroxyl groups excluding tert-OH is 1. The molecule has 0 saturated heterocycles. The third kappa shape index (κ3) is 4.12. The molecule has 1 aromatic carbocycles. The molecule has 112 valence electrons. The molecule has 0 aliphatic rings. The molecule has 1 aromatic heterocycles. The number of anilines is 1. The molecule has 0 radical (unpaired) electrons. The van der Waals surface area contributed by atoms with Crippen LogP contribution in [0.2, 0.25) is 5.28 Å². The molecule has 0 aliphatic heterocycles. The lowest BCUT2D eigenvalue weighted by Gasteiger charge is -2.29. The second-order valence-electron chi connectivity index (χ2n) is 5.86. The Balaban J connectivity index is 2.31. The maximum absolute atomic E-state index is 9.51. The van der Waals surface area contributed by atoms with Crippen molar-refractivity contribution in [1.82, 2.24) is 15.0 Å². The van der Waals surface area contributed by atoms with Gasteiger partial charge in [0.25, 0.3) is 0 Å². The van der Waals surface area contributed by atoms with E-state index in [0.717, 1.165) is 5.56 Å². The summed E-state index contributed by atoms with van der Waals surface area (Å²) >= 11 is 5.98. The van der Waals surface area contributed by atoms with Crippen molar-refractivity contribution in [1.29, 1.82) is 0 Å². The third-order valence-electron chi connectivity index (χ3n) is 3.17. The van der Waals surface area contributed by atoms with Gasteiger partial charge in [-0.25, -0.2) is 0 Å². The predicted molar refractivity (Wildman–Crippen MR) is 84.2 cm³/mol. The lowest BCUT2D eigenvalue weighted by Crippen LogP contribution is -2.37. The van der Waals surface area contributed by atoms with Crippen LogP contribution in [0.25, 0.3) is 11.4 Å². The highest BCUT2D eigenvalue weighted by atomic mass is 35.5. The average Bonchev–Trinajstić information content (AvgIpc) is 2.44. The number of nitrogens with one attached hydrogen (secondary N) is 1. The largest absolute Gasteiger partial charge is 0.394 e. The monoisotopic (exact) mass is 306 g/mol. The normalized spacial score (nSPS) is 13.0. The second-order valence-corrected chi connectivity index (χ2v) is 6.20. The molecule has 0 aliphatic carbocycles. The fourth-order valence-corrected chi connectivity index (χ4v) is 1.98. The van der Waals surface area contributed by atoms with E-state index in [-0.39, 0.29) is 23.3 Å². The fraction of sp³-hybridized carbons (Fsp3) is 0.400. The Labute approximate surface area is 129 Å².